The Balaban J connectivity index is 2.10. The summed E-state index contributed by atoms with van der Waals surface area (Å²) in [5, 5.41) is 0.316. The predicted octanol–water partition coefficient (Wildman–Crippen LogP) is 1.81. The van der Waals surface area contributed by atoms with Crippen molar-refractivity contribution in [2.24, 2.45) is 5.73 Å². The molecule has 5 nitrogen and oxygen atoms in total. The van der Waals surface area contributed by atoms with E-state index < -0.39 is 5.91 Å². The van der Waals surface area contributed by atoms with E-state index >= 15 is 0 Å². The number of halogens is 1. The molecule has 1 amide bonds. The van der Waals surface area contributed by atoms with Crippen LogP contribution in [0.25, 0.3) is 0 Å². The van der Waals surface area contributed by atoms with E-state index in [-0.39, 0.29) is 6.61 Å². The standard InChI is InChI=1S/C12H10ClN3O2/c13-11-6-15-8(5-16-11)7-18-10-4-2-1-3-9(10)12(14)17/h1-6H,7H2,(H2,14,17). The van der Waals surface area contributed by atoms with Crippen molar-refractivity contribution < 1.29 is 9.53 Å². The molecule has 18 heavy (non-hydrogen) atoms. The minimum Gasteiger partial charge on any atom is -0.486 e. The van der Waals surface area contributed by atoms with Gasteiger partial charge < -0.3 is 10.5 Å². The first kappa shape index (κ1) is 12.3. The van der Waals surface area contributed by atoms with E-state index in [0.717, 1.165) is 0 Å². The molecule has 0 fully saturated rings. The van der Waals surface area contributed by atoms with E-state index in [4.69, 9.17) is 22.1 Å². The Hall–Kier alpha value is -2.14. The third-order valence-corrected chi connectivity index (χ3v) is 2.40. The van der Waals surface area contributed by atoms with E-state index in [1.165, 1.54) is 12.4 Å². The van der Waals surface area contributed by atoms with Gasteiger partial charge >= 0.3 is 0 Å². The van der Waals surface area contributed by atoms with Crippen molar-refractivity contribution in [2.45, 2.75) is 6.61 Å². The van der Waals surface area contributed by atoms with Gasteiger partial charge in [-0.25, -0.2) is 4.98 Å². The minimum atomic E-state index is -0.534. The lowest BCUT2D eigenvalue weighted by Crippen LogP contribution is -2.13. The van der Waals surface area contributed by atoms with Gasteiger partial charge in [0.1, 0.15) is 17.5 Å². The Kier molecular flexibility index (Phi) is 3.74. The highest BCUT2D eigenvalue weighted by atomic mass is 35.5. The molecule has 0 spiro atoms. The smallest absolute Gasteiger partial charge is 0.252 e. The zero-order valence-corrected chi connectivity index (χ0v) is 10.1. The molecule has 6 heteroatoms. The Bertz CT molecular complexity index is 558. The molecule has 0 aliphatic carbocycles. The van der Waals surface area contributed by atoms with Crippen LogP contribution in [-0.2, 0) is 6.61 Å². The molecule has 0 aliphatic heterocycles. The Labute approximate surface area is 109 Å². The zero-order chi connectivity index (χ0) is 13.0. The summed E-state index contributed by atoms with van der Waals surface area (Å²) in [4.78, 5) is 19.1. The van der Waals surface area contributed by atoms with Gasteiger partial charge in [0.25, 0.3) is 5.91 Å². The second kappa shape index (κ2) is 5.46. The summed E-state index contributed by atoms with van der Waals surface area (Å²) < 4.78 is 5.48. The van der Waals surface area contributed by atoms with Gasteiger partial charge in [0.05, 0.1) is 23.7 Å². The Morgan fingerprint density at radius 2 is 2.06 bits per heavy atom. The average molecular weight is 264 g/mol. The molecule has 0 saturated carbocycles. The number of aromatic nitrogens is 2. The molecule has 0 radical (unpaired) electrons. The number of para-hydroxylation sites is 1. The van der Waals surface area contributed by atoms with Crippen molar-refractivity contribution in [1.82, 2.24) is 9.97 Å². The number of amides is 1. The number of primary amides is 1. The summed E-state index contributed by atoms with van der Waals surface area (Å²) >= 11 is 5.62. The van der Waals surface area contributed by atoms with Gasteiger partial charge in [0, 0.05) is 0 Å². The normalized spacial score (nSPS) is 10.1. The lowest BCUT2D eigenvalue weighted by molar-refractivity contribution is 0.0996. The summed E-state index contributed by atoms with van der Waals surface area (Å²) in [6.45, 7) is 0.189. The average Bonchev–Trinajstić information content (AvgIpc) is 2.38. The van der Waals surface area contributed by atoms with Crippen molar-refractivity contribution >= 4 is 17.5 Å². The molecular weight excluding hydrogens is 254 g/mol. The van der Waals surface area contributed by atoms with Gasteiger partial charge in [-0.05, 0) is 12.1 Å². The van der Waals surface area contributed by atoms with Gasteiger partial charge in [-0.2, -0.15) is 0 Å². The molecule has 2 aromatic rings. The quantitative estimate of drug-likeness (QED) is 0.912. The fourth-order valence-corrected chi connectivity index (χ4v) is 1.46. The Morgan fingerprint density at radius 3 is 2.72 bits per heavy atom. The van der Waals surface area contributed by atoms with E-state index in [2.05, 4.69) is 9.97 Å². The first-order valence-corrected chi connectivity index (χ1v) is 5.52. The van der Waals surface area contributed by atoms with Crippen molar-refractivity contribution in [3.05, 3.63) is 53.1 Å². The van der Waals surface area contributed by atoms with Crippen LogP contribution in [0, 0.1) is 0 Å². The Morgan fingerprint density at radius 1 is 1.28 bits per heavy atom. The van der Waals surface area contributed by atoms with Gasteiger partial charge in [0.15, 0.2) is 0 Å². The molecule has 1 aromatic carbocycles. The van der Waals surface area contributed by atoms with Gasteiger partial charge in [-0.3, -0.25) is 9.78 Å². The largest absolute Gasteiger partial charge is 0.486 e. The van der Waals surface area contributed by atoms with Crippen molar-refractivity contribution in [2.75, 3.05) is 0 Å². The maximum atomic E-state index is 11.2. The highest BCUT2D eigenvalue weighted by Gasteiger charge is 2.08. The van der Waals surface area contributed by atoms with Crippen LogP contribution in [-0.4, -0.2) is 15.9 Å². The zero-order valence-electron chi connectivity index (χ0n) is 9.34. The lowest BCUT2D eigenvalue weighted by atomic mass is 10.2. The second-order valence-corrected chi connectivity index (χ2v) is 3.87. The molecule has 92 valence electrons. The molecule has 2 N–H and O–H groups in total. The molecule has 0 unspecified atom stereocenters. The summed E-state index contributed by atoms with van der Waals surface area (Å²) in [6.07, 6.45) is 2.94. The molecule has 2 rings (SSSR count). The van der Waals surface area contributed by atoms with Crippen LogP contribution in [0.3, 0.4) is 0 Å². The van der Waals surface area contributed by atoms with Crippen LogP contribution in [0.5, 0.6) is 5.75 Å². The molecule has 1 heterocycles. The van der Waals surface area contributed by atoms with E-state index in [9.17, 15) is 4.79 Å². The number of carbonyl (C=O) groups excluding carboxylic acids is 1. The summed E-state index contributed by atoms with van der Waals surface area (Å²) in [7, 11) is 0. The lowest BCUT2D eigenvalue weighted by Gasteiger charge is -2.08. The first-order chi connectivity index (χ1) is 8.66. The van der Waals surface area contributed by atoms with E-state index in [0.29, 0.717) is 22.2 Å². The monoisotopic (exact) mass is 263 g/mol. The number of nitrogens with zero attached hydrogens (tertiary/aromatic N) is 2. The number of hydrogen-bond acceptors (Lipinski definition) is 4. The molecule has 0 bridgehead atoms. The number of nitrogens with two attached hydrogens (primary N) is 1. The summed E-state index contributed by atoms with van der Waals surface area (Å²) in [6, 6.07) is 6.75. The van der Waals surface area contributed by atoms with Crippen LogP contribution < -0.4 is 10.5 Å². The maximum Gasteiger partial charge on any atom is 0.252 e. The van der Waals surface area contributed by atoms with Crippen LogP contribution in [0.2, 0.25) is 5.15 Å². The van der Waals surface area contributed by atoms with Crippen molar-refractivity contribution in [3.8, 4) is 5.75 Å². The van der Waals surface area contributed by atoms with E-state index in [1.807, 2.05) is 0 Å². The number of ether oxygens (including phenoxy) is 1. The molecule has 0 saturated heterocycles. The molecule has 1 aromatic heterocycles. The fourth-order valence-electron chi connectivity index (χ4n) is 1.36. The number of rotatable bonds is 4. The first-order valence-electron chi connectivity index (χ1n) is 5.15. The summed E-state index contributed by atoms with van der Waals surface area (Å²) in [5.74, 6) is -0.116. The second-order valence-electron chi connectivity index (χ2n) is 3.48. The highest BCUT2D eigenvalue weighted by molar-refractivity contribution is 6.29. The fraction of sp³-hybridized carbons (Fsp3) is 0.0833. The molecule has 0 aliphatic rings. The maximum absolute atomic E-state index is 11.2. The molecule has 0 atom stereocenters. The number of carbonyl (C=O) groups is 1. The minimum absolute atomic E-state index is 0.189. The topological polar surface area (TPSA) is 78.1 Å². The van der Waals surface area contributed by atoms with Crippen LogP contribution >= 0.6 is 11.6 Å². The van der Waals surface area contributed by atoms with Crippen molar-refractivity contribution in [3.63, 3.8) is 0 Å². The van der Waals surface area contributed by atoms with Crippen LogP contribution in [0.1, 0.15) is 16.1 Å². The summed E-state index contributed by atoms with van der Waals surface area (Å²) in [5.41, 5.74) is 6.18. The SMILES string of the molecule is NC(=O)c1ccccc1OCc1cnc(Cl)cn1. The van der Waals surface area contributed by atoms with Gasteiger partial charge in [0.2, 0.25) is 0 Å². The van der Waals surface area contributed by atoms with Gasteiger partial charge in [-0.1, -0.05) is 23.7 Å². The number of benzene rings is 1. The third-order valence-electron chi connectivity index (χ3n) is 2.20. The van der Waals surface area contributed by atoms with E-state index in [1.54, 1.807) is 24.3 Å². The highest BCUT2D eigenvalue weighted by Crippen LogP contribution is 2.18. The molecular formula is C12H10ClN3O2. The third kappa shape index (κ3) is 2.95. The number of hydrogen-bond donors (Lipinski definition) is 1. The van der Waals surface area contributed by atoms with Gasteiger partial charge in [-0.15, -0.1) is 0 Å². The predicted molar refractivity (Wildman–Crippen MR) is 66.3 cm³/mol. The van der Waals surface area contributed by atoms with Crippen molar-refractivity contribution in [1.29, 1.82) is 0 Å². The van der Waals surface area contributed by atoms with Crippen LogP contribution in [0.4, 0.5) is 0 Å². The van der Waals surface area contributed by atoms with Crippen LogP contribution in [0.15, 0.2) is 36.7 Å².